The monoisotopic (exact) mass is 167 g/mol. The Morgan fingerprint density at radius 3 is 2.18 bits per heavy atom. The second-order valence-electron chi connectivity index (χ2n) is 3.03. The zero-order valence-electron chi connectivity index (χ0n) is 7.43. The fourth-order valence-electron chi connectivity index (χ4n) is 0.957. The maximum atomic E-state index is 4.30. The molecule has 1 nitrogen and oxygen atoms in total. The lowest BCUT2D eigenvalue weighted by Crippen LogP contribution is -2.23. The van der Waals surface area contributed by atoms with Crippen molar-refractivity contribution in [2.75, 3.05) is 0 Å². The summed E-state index contributed by atoms with van der Waals surface area (Å²) in [7, 11) is 0. The molecule has 0 radical (unpaired) electrons. The summed E-state index contributed by atoms with van der Waals surface area (Å²) in [6.45, 7) is 8.45. The van der Waals surface area contributed by atoms with Crippen LogP contribution < -0.4 is 9.88 Å². The Bertz CT molecular complexity index is 317. The van der Waals surface area contributed by atoms with Crippen molar-refractivity contribution in [2.24, 2.45) is 0 Å². The Kier molecular flexibility index (Phi) is 2.45. The lowest BCUT2D eigenvalue weighted by molar-refractivity contribution is 1.27. The van der Waals surface area contributed by atoms with Crippen LogP contribution in [-0.2, 0) is 0 Å². The molecule has 1 aromatic heterocycles. The van der Waals surface area contributed by atoms with Gasteiger partial charge in [-0.05, 0) is 33.3 Å². The van der Waals surface area contributed by atoms with Gasteiger partial charge < -0.3 is 0 Å². The topological polar surface area (TPSA) is 12.9 Å². The first-order valence-electron chi connectivity index (χ1n) is 3.67. The second kappa shape index (κ2) is 3.18. The number of thiazole rings is 1. The van der Waals surface area contributed by atoms with Gasteiger partial charge in [-0.2, -0.15) is 0 Å². The molecule has 0 bridgehead atoms. The molecule has 1 rings (SSSR count). The fourth-order valence-corrected chi connectivity index (χ4v) is 1.82. The second-order valence-corrected chi connectivity index (χ2v) is 3.88. The molecule has 0 aliphatic heterocycles. The SMILES string of the molecule is CC(C)=c1ncsc1=C(C)C. The van der Waals surface area contributed by atoms with Gasteiger partial charge in [0.05, 0.1) is 15.4 Å². The van der Waals surface area contributed by atoms with Gasteiger partial charge in [0.15, 0.2) is 0 Å². The van der Waals surface area contributed by atoms with Crippen molar-refractivity contribution in [2.45, 2.75) is 27.7 Å². The molecule has 0 fully saturated rings. The normalized spacial score (nSPS) is 9.82. The highest BCUT2D eigenvalue weighted by atomic mass is 32.1. The van der Waals surface area contributed by atoms with E-state index < -0.39 is 0 Å². The van der Waals surface area contributed by atoms with E-state index in [2.05, 4.69) is 32.7 Å². The summed E-state index contributed by atoms with van der Waals surface area (Å²) in [6, 6.07) is 0. The third-order valence-electron chi connectivity index (χ3n) is 1.50. The van der Waals surface area contributed by atoms with Crippen LogP contribution in [0.2, 0.25) is 0 Å². The first-order chi connectivity index (χ1) is 5.13. The molecule has 0 saturated heterocycles. The van der Waals surface area contributed by atoms with Gasteiger partial charge in [-0.25, -0.2) is 4.98 Å². The summed E-state index contributed by atoms with van der Waals surface area (Å²) < 4.78 is 1.32. The van der Waals surface area contributed by atoms with E-state index in [9.17, 15) is 0 Å². The van der Waals surface area contributed by atoms with Gasteiger partial charge in [-0.15, -0.1) is 11.3 Å². The van der Waals surface area contributed by atoms with Crippen LogP contribution in [0.4, 0.5) is 0 Å². The maximum Gasteiger partial charge on any atom is 0.0805 e. The smallest absolute Gasteiger partial charge is 0.0805 e. The quantitative estimate of drug-likeness (QED) is 0.571. The molecule has 11 heavy (non-hydrogen) atoms. The van der Waals surface area contributed by atoms with Gasteiger partial charge in [0.25, 0.3) is 0 Å². The molecule has 0 N–H and O–H groups in total. The largest absolute Gasteiger partial charge is 0.245 e. The molecule has 1 heterocycles. The van der Waals surface area contributed by atoms with E-state index in [4.69, 9.17) is 0 Å². The molecule has 0 aliphatic rings. The summed E-state index contributed by atoms with van der Waals surface area (Å²) in [5.41, 5.74) is 4.55. The summed E-state index contributed by atoms with van der Waals surface area (Å²) in [5.74, 6) is 0. The lowest BCUT2D eigenvalue weighted by atomic mass is 10.3. The van der Waals surface area contributed by atoms with Crippen molar-refractivity contribution in [1.29, 1.82) is 0 Å². The molecule has 0 unspecified atom stereocenters. The number of hydrogen-bond acceptors (Lipinski definition) is 2. The van der Waals surface area contributed by atoms with Crippen LogP contribution in [0.25, 0.3) is 11.1 Å². The average Bonchev–Trinajstić information content (AvgIpc) is 2.32. The highest BCUT2D eigenvalue weighted by Gasteiger charge is 1.91. The van der Waals surface area contributed by atoms with Crippen molar-refractivity contribution in [3.05, 3.63) is 15.4 Å². The Labute approximate surface area is 71.1 Å². The number of nitrogens with zero attached hydrogens (tertiary/aromatic N) is 1. The van der Waals surface area contributed by atoms with E-state index in [0.717, 1.165) is 5.35 Å². The van der Waals surface area contributed by atoms with Gasteiger partial charge in [0.2, 0.25) is 0 Å². The lowest BCUT2D eigenvalue weighted by Gasteiger charge is -1.86. The molecule has 0 atom stereocenters. The van der Waals surface area contributed by atoms with Crippen molar-refractivity contribution in [3.8, 4) is 0 Å². The summed E-state index contributed by atoms with van der Waals surface area (Å²) in [6.07, 6.45) is 0. The third-order valence-corrected chi connectivity index (χ3v) is 2.54. The minimum absolute atomic E-state index is 1.16. The van der Waals surface area contributed by atoms with Crippen molar-refractivity contribution in [1.82, 2.24) is 4.98 Å². The minimum atomic E-state index is 1.16. The van der Waals surface area contributed by atoms with Crippen molar-refractivity contribution >= 4 is 22.5 Å². The molecule has 60 valence electrons. The van der Waals surface area contributed by atoms with Crippen LogP contribution in [0, 0.1) is 0 Å². The Balaban J connectivity index is 3.68. The molecule has 1 aromatic rings. The van der Waals surface area contributed by atoms with E-state index in [1.54, 1.807) is 11.3 Å². The molecule has 2 heteroatoms. The minimum Gasteiger partial charge on any atom is -0.245 e. The maximum absolute atomic E-state index is 4.30. The standard InChI is InChI=1S/C9H13NS/c1-6(2)8-9(7(3)4)11-5-10-8/h5H,1-4H3. The van der Waals surface area contributed by atoms with Crippen LogP contribution in [0.15, 0.2) is 5.51 Å². The highest BCUT2D eigenvalue weighted by Crippen LogP contribution is 1.89. The molecule has 0 amide bonds. The van der Waals surface area contributed by atoms with Gasteiger partial charge in [-0.1, -0.05) is 5.57 Å². The number of aromatic nitrogens is 1. The van der Waals surface area contributed by atoms with Gasteiger partial charge in [-0.3, -0.25) is 0 Å². The first-order valence-corrected chi connectivity index (χ1v) is 4.55. The molecule has 0 aliphatic carbocycles. The molecule has 0 saturated carbocycles. The van der Waals surface area contributed by atoms with Gasteiger partial charge in [0.1, 0.15) is 0 Å². The van der Waals surface area contributed by atoms with E-state index in [1.807, 2.05) is 5.51 Å². The fraction of sp³-hybridized carbons (Fsp3) is 0.444. The third kappa shape index (κ3) is 1.69. The molecular formula is C9H13NS. The zero-order chi connectivity index (χ0) is 8.43. The van der Waals surface area contributed by atoms with Gasteiger partial charge in [0, 0.05) is 0 Å². The van der Waals surface area contributed by atoms with Crippen LogP contribution >= 0.6 is 11.3 Å². The highest BCUT2D eigenvalue weighted by molar-refractivity contribution is 7.07. The number of rotatable bonds is 0. The Morgan fingerprint density at radius 2 is 1.82 bits per heavy atom. The average molecular weight is 167 g/mol. The van der Waals surface area contributed by atoms with E-state index >= 15 is 0 Å². The van der Waals surface area contributed by atoms with Crippen LogP contribution in [0.3, 0.4) is 0 Å². The van der Waals surface area contributed by atoms with E-state index in [0.29, 0.717) is 0 Å². The summed E-state index contributed by atoms with van der Waals surface area (Å²) in [4.78, 5) is 4.30. The van der Waals surface area contributed by atoms with Crippen LogP contribution in [0.5, 0.6) is 0 Å². The summed E-state index contributed by atoms with van der Waals surface area (Å²) >= 11 is 1.72. The van der Waals surface area contributed by atoms with Crippen molar-refractivity contribution in [3.63, 3.8) is 0 Å². The summed E-state index contributed by atoms with van der Waals surface area (Å²) in [5, 5.41) is 1.16. The zero-order valence-corrected chi connectivity index (χ0v) is 8.25. The number of hydrogen-bond donors (Lipinski definition) is 0. The Hall–Kier alpha value is -0.630. The molecule has 0 aromatic carbocycles. The van der Waals surface area contributed by atoms with Gasteiger partial charge >= 0.3 is 0 Å². The first kappa shape index (κ1) is 8.47. The van der Waals surface area contributed by atoms with Crippen LogP contribution in [-0.4, -0.2) is 4.98 Å². The van der Waals surface area contributed by atoms with E-state index in [1.165, 1.54) is 15.7 Å². The Morgan fingerprint density at radius 1 is 1.18 bits per heavy atom. The van der Waals surface area contributed by atoms with Crippen LogP contribution in [0.1, 0.15) is 27.7 Å². The predicted molar refractivity (Wildman–Crippen MR) is 50.9 cm³/mol. The molecular weight excluding hydrogens is 154 g/mol. The molecule has 0 spiro atoms. The predicted octanol–water partition coefficient (Wildman–Crippen LogP) is 1.52. The van der Waals surface area contributed by atoms with E-state index in [-0.39, 0.29) is 0 Å². The van der Waals surface area contributed by atoms with Crippen molar-refractivity contribution < 1.29 is 0 Å².